The van der Waals surface area contributed by atoms with Crippen molar-refractivity contribution in [3.63, 3.8) is 0 Å². The highest BCUT2D eigenvalue weighted by Gasteiger charge is 2.14. The summed E-state index contributed by atoms with van der Waals surface area (Å²) in [6.45, 7) is 6.13. The summed E-state index contributed by atoms with van der Waals surface area (Å²) in [7, 11) is 3.69. The molecule has 1 aromatic carbocycles. The highest BCUT2D eigenvalue weighted by atomic mass is 16.2. The minimum absolute atomic E-state index is 0.186. The summed E-state index contributed by atoms with van der Waals surface area (Å²) in [6.07, 6.45) is 1.79. The fourth-order valence-electron chi connectivity index (χ4n) is 2.87. The van der Waals surface area contributed by atoms with Gasteiger partial charge in [0.15, 0.2) is 0 Å². The van der Waals surface area contributed by atoms with Crippen LogP contribution in [-0.4, -0.2) is 33.5 Å². The number of aryl methyl sites for hydroxylation is 1. The molecule has 0 aliphatic carbocycles. The number of nitrogens with one attached hydrogen (secondary N) is 2. The van der Waals surface area contributed by atoms with Gasteiger partial charge in [-0.3, -0.25) is 9.36 Å². The molecule has 0 radical (unpaired) electrons. The third-order valence-electron chi connectivity index (χ3n) is 4.92. The Hall–Kier alpha value is -3.09. The van der Waals surface area contributed by atoms with Crippen LogP contribution in [0.3, 0.4) is 0 Å². The molecule has 0 saturated carbocycles. The van der Waals surface area contributed by atoms with Crippen LogP contribution in [0.2, 0.25) is 0 Å². The van der Waals surface area contributed by atoms with Crippen molar-refractivity contribution >= 4 is 22.8 Å². The van der Waals surface area contributed by atoms with Crippen molar-refractivity contribution in [2.75, 3.05) is 11.9 Å². The maximum atomic E-state index is 12.6. The van der Waals surface area contributed by atoms with E-state index in [2.05, 4.69) is 34.0 Å². The standard InChI is InChI=1S/C20H25N5O2/c1-12(2)24(4)18-9-7-15(11-21-18)13(3)22-19(26)14-6-8-17-16(10-14)23-20(27)25(17)5/h6-13H,1-5H3,(H,22,26)(H,23,27). The molecule has 7 heteroatoms. The molecule has 3 rings (SSSR count). The smallest absolute Gasteiger partial charge is 0.326 e. The van der Waals surface area contributed by atoms with Gasteiger partial charge in [-0.2, -0.15) is 0 Å². The zero-order chi connectivity index (χ0) is 19.7. The zero-order valence-corrected chi connectivity index (χ0v) is 16.3. The molecule has 1 amide bonds. The lowest BCUT2D eigenvalue weighted by atomic mass is 10.1. The Labute approximate surface area is 158 Å². The largest absolute Gasteiger partial charge is 0.357 e. The number of pyridine rings is 1. The van der Waals surface area contributed by atoms with Gasteiger partial charge in [0.05, 0.1) is 17.1 Å². The Morgan fingerprint density at radius 2 is 1.96 bits per heavy atom. The second kappa shape index (κ2) is 7.26. The number of hydrogen-bond donors (Lipinski definition) is 2. The normalized spacial score (nSPS) is 12.4. The number of fused-ring (bicyclic) bond motifs is 1. The number of carbonyl (C=O) groups is 1. The minimum Gasteiger partial charge on any atom is -0.357 e. The fraction of sp³-hybridized carbons (Fsp3) is 0.350. The van der Waals surface area contributed by atoms with Gasteiger partial charge in [-0.1, -0.05) is 6.07 Å². The molecule has 142 valence electrons. The van der Waals surface area contributed by atoms with Crippen LogP contribution in [0.5, 0.6) is 0 Å². The molecule has 2 N–H and O–H groups in total. The predicted molar refractivity (Wildman–Crippen MR) is 107 cm³/mol. The zero-order valence-electron chi connectivity index (χ0n) is 16.3. The van der Waals surface area contributed by atoms with Gasteiger partial charge in [-0.15, -0.1) is 0 Å². The third kappa shape index (κ3) is 3.72. The van der Waals surface area contributed by atoms with Crippen molar-refractivity contribution in [2.45, 2.75) is 32.9 Å². The molecule has 2 aromatic heterocycles. The topological polar surface area (TPSA) is 83.0 Å². The number of anilines is 1. The average molecular weight is 367 g/mol. The van der Waals surface area contributed by atoms with E-state index >= 15 is 0 Å². The molecular formula is C20H25N5O2. The van der Waals surface area contributed by atoms with Crippen molar-refractivity contribution in [2.24, 2.45) is 7.05 Å². The summed E-state index contributed by atoms with van der Waals surface area (Å²) in [5.74, 6) is 0.697. The van der Waals surface area contributed by atoms with Crippen molar-refractivity contribution in [3.8, 4) is 0 Å². The van der Waals surface area contributed by atoms with Gasteiger partial charge in [-0.05, 0) is 50.6 Å². The van der Waals surface area contributed by atoms with Crippen LogP contribution in [0, 0.1) is 0 Å². The van der Waals surface area contributed by atoms with E-state index in [1.165, 1.54) is 4.57 Å². The molecule has 0 fully saturated rings. The number of nitrogens with zero attached hydrogens (tertiary/aromatic N) is 3. The number of rotatable bonds is 5. The molecular weight excluding hydrogens is 342 g/mol. The van der Waals surface area contributed by atoms with E-state index in [4.69, 9.17) is 0 Å². The Bertz CT molecular complexity index is 1020. The van der Waals surface area contributed by atoms with Crippen LogP contribution in [0.25, 0.3) is 11.0 Å². The lowest BCUT2D eigenvalue weighted by Crippen LogP contribution is -2.28. The van der Waals surface area contributed by atoms with Gasteiger partial charge in [0, 0.05) is 31.9 Å². The van der Waals surface area contributed by atoms with Gasteiger partial charge >= 0.3 is 5.69 Å². The number of amides is 1. The summed E-state index contributed by atoms with van der Waals surface area (Å²) in [5.41, 5.74) is 2.64. The molecule has 2 heterocycles. The lowest BCUT2D eigenvalue weighted by molar-refractivity contribution is 0.0940. The number of carbonyl (C=O) groups excluding carboxylic acids is 1. The van der Waals surface area contributed by atoms with Crippen LogP contribution in [-0.2, 0) is 7.05 Å². The fourth-order valence-corrected chi connectivity index (χ4v) is 2.87. The number of imidazole rings is 1. The summed E-state index contributed by atoms with van der Waals surface area (Å²) in [6, 6.07) is 9.29. The van der Waals surface area contributed by atoms with Crippen LogP contribution in [0.1, 0.15) is 42.7 Å². The number of aromatic amines is 1. The Morgan fingerprint density at radius 3 is 2.59 bits per heavy atom. The van der Waals surface area contributed by atoms with Crippen molar-refractivity contribution < 1.29 is 4.79 Å². The summed E-state index contributed by atoms with van der Waals surface area (Å²) >= 11 is 0. The van der Waals surface area contributed by atoms with Crippen LogP contribution in [0.15, 0.2) is 41.3 Å². The molecule has 3 aromatic rings. The summed E-state index contributed by atoms with van der Waals surface area (Å²) in [4.78, 5) is 33.6. The number of benzene rings is 1. The molecule has 0 saturated heterocycles. The number of H-pyrrole nitrogens is 1. The van der Waals surface area contributed by atoms with Crippen molar-refractivity contribution in [1.82, 2.24) is 19.9 Å². The van der Waals surface area contributed by atoms with E-state index in [0.717, 1.165) is 16.9 Å². The highest BCUT2D eigenvalue weighted by molar-refractivity contribution is 5.97. The van der Waals surface area contributed by atoms with Crippen LogP contribution >= 0.6 is 0 Å². The average Bonchev–Trinajstić information content (AvgIpc) is 2.94. The van der Waals surface area contributed by atoms with Gasteiger partial charge < -0.3 is 15.2 Å². The first-order valence-corrected chi connectivity index (χ1v) is 8.96. The SMILES string of the molecule is CC(NC(=O)c1ccc2c(c1)[nH]c(=O)n2C)c1ccc(N(C)C(C)C)nc1. The van der Waals surface area contributed by atoms with E-state index in [-0.39, 0.29) is 17.6 Å². The van der Waals surface area contributed by atoms with E-state index in [1.54, 1.807) is 31.4 Å². The third-order valence-corrected chi connectivity index (χ3v) is 4.92. The Morgan fingerprint density at radius 1 is 1.22 bits per heavy atom. The monoisotopic (exact) mass is 367 g/mol. The van der Waals surface area contributed by atoms with Crippen LogP contribution in [0.4, 0.5) is 5.82 Å². The van der Waals surface area contributed by atoms with E-state index < -0.39 is 0 Å². The highest BCUT2D eigenvalue weighted by Crippen LogP contribution is 2.18. The quantitative estimate of drug-likeness (QED) is 0.726. The van der Waals surface area contributed by atoms with Gasteiger partial charge in [0.2, 0.25) is 0 Å². The molecule has 0 aliphatic rings. The van der Waals surface area contributed by atoms with E-state index in [1.807, 2.05) is 26.1 Å². The number of aromatic nitrogens is 3. The lowest BCUT2D eigenvalue weighted by Gasteiger charge is -2.23. The molecule has 1 atom stereocenters. The second-order valence-electron chi connectivity index (χ2n) is 7.07. The summed E-state index contributed by atoms with van der Waals surface area (Å²) < 4.78 is 1.51. The minimum atomic E-state index is -0.201. The van der Waals surface area contributed by atoms with Gasteiger partial charge in [-0.25, -0.2) is 9.78 Å². The Balaban J connectivity index is 1.74. The van der Waals surface area contributed by atoms with Gasteiger partial charge in [0.25, 0.3) is 5.91 Å². The predicted octanol–water partition coefficient (Wildman–Crippen LogP) is 2.60. The Kier molecular flexibility index (Phi) is 5.03. The maximum Gasteiger partial charge on any atom is 0.326 e. The maximum absolute atomic E-state index is 12.6. The molecule has 7 nitrogen and oxygen atoms in total. The molecule has 27 heavy (non-hydrogen) atoms. The molecule has 1 unspecified atom stereocenters. The molecule has 0 aliphatic heterocycles. The first-order valence-electron chi connectivity index (χ1n) is 8.96. The van der Waals surface area contributed by atoms with E-state index in [0.29, 0.717) is 17.1 Å². The second-order valence-corrected chi connectivity index (χ2v) is 7.07. The first-order chi connectivity index (χ1) is 12.8. The molecule has 0 spiro atoms. The first kappa shape index (κ1) is 18.7. The van der Waals surface area contributed by atoms with Crippen molar-refractivity contribution in [3.05, 3.63) is 58.1 Å². The molecule has 0 bridgehead atoms. The van der Waals surface area contributed by atoms with E-state index in [9.17, 15) is 9.59 Å². The van der Waals surface area contributed by atoms with Crippen LogP contribution < -0.4 is 15.9 Å². The van der Waals surface area contributed by atoms with Crippen molar-refractivity contribution in [1.29, 1.82) is 0 Å². The summed E-state index contributed by atoms with van der Waals surface area (Å²) in [5, 5.41) is 2.98. The number of hydrogen-bond acceptors (Lipinski definition) is 4. The van der Waals surface area contributed by atoms with Gasteiger partial charge in [0.1, 0.15) is 5.82 Å².